The molecule has 1 amide bonds. The molecule has 2 atom stereocenters. The highest BCUT2D eigenvalue weighted by Gasteiger charge is 2.48. The fourth-order valence-corrected chi connectivity index (χ4v) is 5.60. The van der Waals surface area contributed by atoms with Gasteiger partial charge in [-0.25, -0.2) is 4.79 Å². The molecule has 13 heteroatoms. The summed E-state index contributed by atoms with van der Waals surface area (Å²) in [6.07, 6.45) is 0.208. The summed E-state index contributed by atoms with van der Waals surface area (Å²) in [5.41, 5.74) is -2.35. The predicted molar refractivity (Wildman–Crippen MR) is 130 cm³/mol. The summed E-state index contributed by atoms with van der Waals surface area (Å²) in [5.74, 6) is -4.11. The van der Waals surface area contributed by atoms with Gasteiger partial charge >= 0.3 is 17.9 Å². The number of nitrogens with zero attached hydrogens (tertiary/aromatic N) is 3. The highest BCUT2D eigenvalue weighted by atomic mass is 16.6. The van der Waals surface area contributed by atoms with Gasteiger partial charge in [-0.05, 0) is 18.9 Å². The van der Waals surface area contributed by atoms with Crippen molar-refractivity contribution in [3.63, 3.8) is 0 Å². The van der Waals surface area contributed by atoms with Gasteiger partial charge in [-0.3, -0.25) is 24.2 Å². The fourth-order valence-electron chi connectivity index (χ4n) is 5.60. The van der Waals surface area contributed by atoms with Gasteiger partial charge in [0, 0.05) is 51.9 Å². The van der Waals surface area contributed by atoms with Gasteiger partial charge in [0.1, 0.15) is 5.75 Å². The number of carbonyl (C=O) groups excluding carboxylic acids is 4. The van der Waals surface area contributed by atoms with Gasteiger partial charge in [0.2, 0.25) is 0 Å². The Morgan fingerprint density at radius 2 is 1.69 bits per heavy atom. The number of hydrogen-bond donors (Lipinski definition) is 2. The largest absolute Gasteiger partial charge is 0.426 e. The summed E-state index contributed by atoms with van der Waals surface area (Å²) in [7, 11) is 0. The summed E-state index contributed by atoms with van der Waals surface area (Å²) in [6.45, 7) is 3.35. The second-order valence-corrected chi connectivity index (χ2v) is 10.8. The Morgan fingerprint density at radius 3 is 2.38 bits per heavy atom. The Morgan fingerprint density at radius 1 is 0.974 bits per heavy atom. The van der Waals surface area contributed by atoms with Crippen LogP contribution in [0.4, 0.5) is 0 Å². The standard InChI is InChI=1S/C26H31N3O10/c30-14-16-12-27(7-8-36-16)13-18-19-9-17(24(33)29-5-3-28(4-6-29)15-1-2-15)22-23(18)39-25(34)26(35,10-20(31)37-19)11-21(32)38-22/h9,15-16,30,35H,1-8,10-14H2. The summed E-state index contributed by atoms with van der Waals surface area (Å²) in [4.78, 5) is 58.6. The average molecular weight is 546 g/mol. The zero-order chi connectivity index (χ0) is 27.3. The first kappa shape index (κ1) is 26.1. The van der Waals surface area contributed by atoms with E-state index >= 15 is 0 Å². The van der Waals surface area contributed by atoms with Crippen LogP contribution in [0.3, 0.4) is 0 Å². The zero-order valence-corrected chi connectivity index (χ0v) is 21.4. The van der Waals surface area contributed by atoms with E-state index in [1.54, 1.807) is 4.90 Å². The number of esters is 3. The lowest BCUT2D eigenvalue weighted by atomic mass is 9.95. The van der Waals surface area contributed by atoms with Gasteiger partial charge in [0.25, 0.3) is 5.91 Å². The molecule has 1 aromatic rings. The summed E-state index contributed by atoms with van der Waals surface area (Å²) in [5, 5.41) is 20.5. The van der Waals surface area contributed by atoms with Crippen LogP contribution in [-0.2, 0) is 25.7 Å². The van der Waals surface area contributed by atoms with Crippen molar-refractivity contribution in [1.82, 2.24) is 14.7 Å². The summed E-state index contributed by atoms with van der Waals surface area (Å²) < 4.78 is 22.4. The van der Waals surface area contributed by atoms with Crippen LogP contribution in [0.1, 0.15) is 41.6 Å². The molecule has 5 aliphatic rings. The van der Waals surface area contributed by atoms with Gasteiger partial charge in [0.05, 0.1) is 43.3 Å². The van der Waals surface area contributed by atoms with E-state index in [-0.39, 0.29) is 41.5 Å². The predicted octanol–water partition coefficient (Wildman–Crippen LogP) is -0.945. The van der Waals surface area contributed by atoms with Crippen LogP contribution < -0.4 is 14.2 Å². The molecule has 3 fully saturated rings. The molecule has 2 saturated heterocycles. The van der Waals surface area contributed by atoms with E-state index in [4.69, 9.17) is 18.9 Å². The number of amides is 1. The molecular weight excluding hydrogens is 514 g/mol. The van der Waals surface area contributed by atoms with E-state index in [2.05, 4.69) is 4.90 Å². The monoisotopic (exact) mass is 545 g/mol. The van der Waals surface area contributed by atoms with Crippen molar-refractivity contribution >= 4 is 23.8 Å². The normalized spacial score (nSPS) is 28.1. The van der Waals surface area contributed by atoms with E-state index in [1.807, 2.05) is 4.90 Å². The van der Waals surface area contributed by atoms with Crippen molar-refractivity contribution in [3.05, 3.63) is 17.2 Å². The second kappa shape index (κ2) is 10.1. The Balaban J connectivity index is 1.42. The number of rotatable bonds is 5. The third-order valence-corrected chi connectivity index (χ3v) is 7.89. The van der Waals surface area contributed by atoms with E-state index in [9.17, 15) is 29.4 Å². The van der Waals surface area contributed by atoms with Crippen molar-refractivity contribution in [3.8, 4) is 17.2 Å². The van der Waals surface area contributed by atoms with Gasteiger partial charge < -0.3 is 34.1 Å². The number of hydrogen-bond acceptors (Lipinski definition) is 12. The Kier molecular flexibility index (Phi) is 6.79. The maximum atomic E-state index is 13.8. The van der Waals surface area contributed by atoms with E-state index in [0.29, 0.717) is 51.9 Å². The minimum atomic E-state index is -2.49. The number of ether oxygens (including phenoxy) is 4. The van der Waals surface area contributed by atoms with Crippen LogP contribution in [0.5, 0.6) is 17.2 Å². The molecule has 1 saturated carbocycles. The van der Waals surface area contributed by atoms with Gasteiger partial charge in [0.15, 0.2) is 17.1 Å². The first-order valence-corrected chi connectivity index (χ1v) is 13.3. The second-order valence-electron chi connectivity index (χ2n) is 10.8. The molecule has 2 unspecified atom stereocenters. The van der Waals surface area contributed by atoms with Crippen molar-refractivity contribution in [2.45, 2.75) is 50.0 Å². The maximum absolute atomic E-state index is 13.8. The highest BCUT2D eigenvalue weighted by Crippen LogP contribution is 2.46. The van der Waals surface area contributed by atoms with E-state index in [1.165, 1.54) is 6.07 Å². The summed E-state index contributed by atoms with van der Waals surface area (Å²) in [6, 6.07) is 1.92. The van der Waals surface area contributed by atoms with Crippen LogP contribution in [-0.4, -0.2) is 119 Å². The van der Waals surface area contributed by atoms with Gasteiger partial charge in [-0.1, -0.05) is 0 Å². The van der Waals surface area contributed by atoms with Crippen molar-refractivity contribution in [2.24, 2.45) is 0 Å². The number of aliphatic hydroxyl groups excluding tert-OH is 1. The molecule has 1 aromatic carbocycles. The van der Waals surface area contributed by atoms with Crippen LogP contribution in [0.25, 0.3) is 0 Å². The Bertz CT molecular complexity index is 1210. The molecule has 1 aliphatic carbocycles. The number of piperazine rings is 1. The SMILES string of the molecule is O=C1CC2(O)CC(=O)Oc3c(C(=O)N4CCN(C5CC5)CC4)cc(c(CN4CCOC(CO)C4)c3OC2=O)O1. The molecular formula is C26H31N3O10. The summed E-state index contributed by atoms with van der Waals surface area (Å²) >= 11 is 0. The van der Waals surface area contributed by atoms with E-state index in [0.717, 1.165) is 12.8 Å². The lowest BCUT2D eigenvalue weighted by Crippen LogP contribution is -2.49. The maximum Gasteiger partial charge on any atom is 0.344 e. The van der Waals surface area contributed by atoms with Crippen molar-refractivity contribution in [1.29, 1.82) is 0 Å². The lowest BCUT2D eigenvalue weighted by Gasteiger charge is -2.35. The smallest absolute Gasteiger partial charge is 0.344 e. The Labute approximate surface area is 224 Å². The molecule has 6 rings (SSSR count). The van der Waals surface area contributed by atoms with Gasteiger partial charge in [-0.15, -0.1) is 0 Å². The Hall–Kier alpha value is -3.10. The minimum absolute atomic E-state index is 0.0271. The number of aliphatic hydroxyl groups is 2. The number of carbonyl (C=O) groups is 4. The average Bonchev–Trinajstić information content (AvgIpc) is 3.76. The van der Waals surface area contributed by atoms with Crippen LogP contribution in [0.15, 0.2) is 6.07 Å². The molecule has 3 bridgehead atoms. The molecule has 39 heavy (non-hydrogen) atoms. The van der Waals surface area contributed by atoms with Gasteiger partial charge in [-0.2, -0.15) is 0 Å². The number of benzene rings is 1. The molecule has 0 aromatic heterocycles. The minimum Gasteiger partial charge on any atom is -0.426 e. The molecule has 210 valence electrons. The lowest BCUT2D eigenvalue weighted by molar-refractivity contribution is -0.168. The molecule has 4 aliphatic heterocycles. The third kappa shape index (κ3) is 5.12. The zero-order valence-electron chi connectivity index (χ0n) is 21.4. The van der Waals surface area contributed by atoms with Crippen LogP contribution in [0.2, 0.25) is 0 Å². The number of morpholine rings is 1. The molecule has 4 heterocycles. The first-order chi connectivity index (χ1) is 18.7. The number of fused-ring (bicyclic) bond motifs is 3. The van der Waals surface area contributed by atoms with Crippen molar-refractivity contribution in [2.75, 3.05) is 52.5 Å². The van der Waals surface area contributed by atoms with Crippen LogP contribution >= 0.6 is 0 Å². The van der Waals surface area contributed by atoms with Crippen LogP contribution in [0, 0.1) is 0 Å². The molecule has 13 nitrogen and oxygen atoms in total. The first-order valence-electron chi connectivity index (χ1n) is 13.3. The van der Waals surface area contributed by atoms with Crippen molar-refractivity contribution < 1.29 is 48.3 Å². The van der Waals surface area contributed by atoms with E-state index < -0.39 is 48.4 Å². The topological polar surface area (TPSA) is 155 Å². The third-order valence-electron chi connectivity index (χ3n) is 7.89. The quantitative estimate of drug-likeness (QED) is 0.346. The molecule has 0 radical (unpaired) electrons. The molecule has 2 N–H and O–H groups in total. The molecule has 0 spiro atoms. The fraction of sp³-hybridized carbons (Fsp3) is 0.615. The highest BCUT2D eigenvalue weighted by molar-refractivity contribution is 6.02.